The highest BCUT2D eigenvalue weighted by Crippen LogP contribution is 2.16. The van der Waals surface area contributed by atoms with Crippen LogP contribution in [0.3, 0.4) is 0 Å². The van der Waals surface area contributed by atoms with E-state index in [1.165, 1.54) is 4.63 Å². The fraction of sp³-hybridized carbons (Fsp3) is 0. The molecule has 3 aromatic heterocycles. The molecule has 0 spiro atoms. The third-order valence-corrected chi connectivity index (χ3v) is 2.55. The summed E-state index contributed by atoms with van der Waals surface area (Å²) in [6.07, 6.45) is 1.61. The maximum absolute atomic E-state index is 4.51. The normalized spacial score (nSPS) is 11.5. The van der Waals surface area contributed by atoms with Crippen LogP contribution in [0.5, 0.6) is 0 Å². The van der Waals surface area contributed by atoms with Gasteiger partial charge in [0, 0.05) is 0 Å². The summed E-state index contributed by atoms with van der Waals surface area (Å²) in [5.74, 6) is 0. The minimum Gasteiger partial charge on any atom is -0.243 e. The van der Waals surface area contributed by atoms with E-state index in [2.05, 4.69) is 30.6 Å². The monoisotopic (exact) mass is 223 g/mol. The molecule has 0 saturated heterocycles. The second kappa shape index (κ2) is 2.91. The Kier molecular flexibility index (Phi) is 1.45. The fourth-order valence-corrected chi connectivity index (χ4v) is 1.78. The van der Waals surface area contributed by atoms with Crippen LogP contribution < -0.4 is 0 Å². The van der Waals surface area contributed by atoms with Crippen molar-refractivity contribution < 1.29 is 0 Å². The van der Waals surface area contributed by atoms with Crippen LogP contribution in [0.25, 0.3) is 27.7 Å². The lowest BCUT2D eigenvalue weighted by molar-refractivity contribution is 0.735. The standard InChI is InChI=1S/C10H5N7/c1-2-4-7-6(3-1)12-8-5-11-17-10(9(8)13-7)14-15-16-17/h1-5H. The van der Waals surface area contributed by atoms with Crippen molar-refractivity contribution in [3.8, 4) is 0 Å². The molecule has 0 N–H and O–H groups in total. The Bertz CT molecular complexity index is 851. The van der Waals surface area contributed by atoms with Crippen molar-refractivity contribution in [3.05, 3.63) is 30.5 Å². The summed E-state index contributed by atoms with van der Waals surface area (Å²) in [6, 6.07) is 7.66. The molecule has 4 aromatic rings. The first-order valence-electron chi connectivity index (χ1n) is 5.02. The second-order valence-electron chi connectivity index (χ2n) is 3.58. The molecule has 0 fully saturated rings. The molecule has 0 aliphatic heterocycles. The van der Waals surface area contributed by atoms with Gasteiger partial charge in [0.05, 0.1) is 17.2 Å². The smallest absolute Gasteiger partial charge is 0.227 e. The summed E-state index contributed by atoms with van der Waals surface area (Å²) in [7, 11) is 0. The zero-order valence-electron chi connectivity index (χ0n) is 8.52. The summed E-state index contributed by atoms with van der Waals surface area (Å²) < 4.78 is 1.34. The lowest BCUT2D eigenvalue weighted by Crippen LogP contribution is -1.97. The topological polar surface area (TPSA) is 81.8 Å². The summed E-state index contributed by atoms with van der Waals surface area (Å²) in [5, 5.41) is 15.2. The molecule has 0 aliphatic rings. The average Bonchev–Trinajstić information content (AvgIpc) is 2.85. The van der Waals surface area contributed by atoms with Gasteiger partial charge in [0.2, 0.25) is 5.65 Å². The van der Waals surface area contributed by atoms with E-state index < -0.39 is 0 Å². The fourth-order valence-electron chi connectivity index (χ4n) is 1.78. The first kappa shape index (κ1) is 8.45. The molecule has 7 heteroatoms. The SMILES string of the molecule is c1ccc2nc3c(cnn4nnnc34)nc2c1. The van der Waals surface area contributed by atoms with Gasteiger partial charge in [-0.25, -0.2) is 9.97 Å². The Morgan fingerprint density at radius 2 is 1.76 bits per heavy atom. The van der Waals surface area contributed by atoms with Crippen LogP contribution in [0.1, 0.15) is 0 Å². The van der Waals surface area contributed by atoms with Gasteiger partial charge in [-0.2, -0.15) is 5.10 Å². The van der Waals surface area contributed by atoms with Crippen molar-refractivity contribution >= 4 is 27.7 Å². The highest BCUT2D eigenvalue weighted by molar-refractivity contribution is 5.92. The van der Waals surface area contributed by atoms with Crippen LogP contribution in [-0.4, -0.2) is 35.2 Å². The lowest BCUT2D eigenvalue weighted by Gasteiger charge is -1.99. The van der Waals surface area contributed by atoms with Crippen molar-refractivity contribution in [2.75, 3.05) is 0 Å². The molecule has 1 aromatic carbocycles. The van der Waals surface area contributed by atoms with E-state index in [1.807, 2.05) is 24.3 Å². The number of benzene rings is 1. The van der Waals surface area contributed by atoms with Crippen molar-refractivity contribution in [1.29, 1.82) is 0 Å². The van der Waals surface area contributed by atoms with Gasteiger partial charge in [-0.05, 0) is 22.6 Å². The van der Waals surface area contributed by atoms with Gasteiger partial charge in [0.1, 0.15) is 11.0 Å². The summed E-state index contributed by atoms with van der Waals surface area (Å²) >= 11 is 0. The van der Waals surface area contributed by atoms with Gasteiger partial charge in [0.25, 0.3) is 0 Å². The van der Waals surface area contributed by atoms with Crippen molar-refractivity contribution in [3.63, 3.8) is 0 Å². The highest BCUT2D eigenvalue weighted by atomic mass is 15.6. The van der Waals surface area contributed by atoms with E-state index in [0.29, 0.717) is 16.7 Å². The molecular weight excluding hydrogens is 218 g/mol. The Hall–Kier alpha value is -2.70. The first-order chi connectivity index (χ1) is 8.42. The molecule has 17 heavy (non-hydrogen) atoms. The van der Waals surface area contributed by atoms with Crippen LogP contribution in [0.2, 0.25) is 0 Å². The number of tetrazole rings is 1. The molecule has 80 valence electrons. The molecule has 0 radical (unpaired) electrons. The Morgan fingerprint density at radius 1 is 0.941 bits per heavy atom. The highest BCUT2D eigenvalue weighted by Gasteiger charge is 2.08. The minimum atomic E-state index is 0.515. The van der Waals surface area contributed by atoms with Gasteiger partial charge in [-0.1, -0.05) is 12.1 Å². The third-order valence-electron chi connectivity index (χ3n) is 2.55. The van der Waals surface area contributed by atoms with E-state index in [1.54, 1.807) is 6.20 Å². The molecule has 7 nitrogen and oxygen atoms in total. The second-order valence-corrected chi connectivity index (χ2v) is 3.58. The largest absolute Gasteiger partial charge is 0.243 e. The van der Waals surface area contributed by atoms with E-state index in [0.717, 1.165) is 11.0 Å². The zero-order valence-corrected chi connectivity index (χ0v) is 8.52. The summed E-state index contributed by atoms with van der Waals surface area (Å²) in [4.78, 5) is 8.99. The molecule has 0 aliphatic carbocycles. The molecule has 0 amide bonds. The van der Waals surface area contributed by atoms with Gasteiger partial charge < -0.3 is 0 Å². The average molecular weight is 223 g/mol. The number of rotatable bonds is 0. The number of aromatic nitrogens is 7. The number of hydrogen-bond acceptors (Lipinski definition) is 6. The van der Waals surface area contributed by atoms with Crippen LogP contribution in [0.4, 0.5) is 0 Å². The Balaban J connectivity index is 2.29. The van der Waals surface area contributed by atoms with Crippen LogP contribution >= 0.6 is 0 Å². The predicted molar refractivity (Wildman–Crippen MR) is 59.2 cm³/mol. The van der Waals surface area contributed by atoms with Gasteiger partial charge >= 0.3 is 0 Å². The molecule has 3 heterocycles. The minimum absolute atomic E-state index is 0.515. The number of para-hydroxylation sites is 2. The molecule has 0 unspecified atom stereocenters. The predicted octanol–water partition coefficient (Wildman–Crippen LogP) is 0.616. The van der Waals surface area contributed by atoms with Crippen molar-refractivity contribution in [1.82, 2.24) is 35.2 Å². The van der Waals surface area contributed by atoms with E-state index in [9.17, 15) is 0 Å². The molecule has 0 saturated carbocycles. The maximum atomic E-state index is 4.51. The summed E-state index contributed by atoms with van der Waals surface area (Å²) in [5.41, 5.74) is 3.50. The Morgan fingerprint density at radius 3 is 2.65 bits per heavy atom. The van der Waals surface area contributed by atoms with Crippen LogP contribution in [-0.2, 0) is 0 Å². The maximum Gasteiger partial charge on any atom is 0.227 e. The van der Waals surface area contributed by atoms with Crippen LogP contribution in [0, 0.1) is 0 Å². The summed E-state index contributed by atoms with van der Waals surface area (Å²) in [6.45, 7) is 0. The Labute approximate surface area is 94.1 Å². The number of fused-ring (bicyclic) bond motifs is 4. The van der Waals surface area contributed by atoms with Crippen LogP contribution in [0.15, 0.2) is 30.5 Å². The van der Waals surface area contributed by atoms with Gasteiger partial charge in [0.15, 0.2) is 0 Å². The van der Waals surface area contributed by atoms with Crippen molar-refractivity contribution in [2.45, 2.75) is 0 Å². The molecule has 0 bridgehead atoms. The van der Waals surface area contributed by atoms with Gasteiger partial charge in [-0.15, -0.1) is 9.73 Å². The third kappa shape index (κ3) is 1.10. The first-order valence-corrected chi connectivity index (χ1v) is 5.02. The van der Waals surface area contributed by atoms with E-state index >= 15 is 0 Å². The zero-order chi connectivity index (χ0) is 11.2. The quantitative estimate of drug-likeness (QED) is 0.406. The molecular formula is C10H5N7. The lowest BCUT2D eigenvalue weighted by atomic mass is 10.3. The molecule has 4 rings (SSSR count). The van der Waals surface area contributed by atoms with E-state index in [4.69, 9.17) is 0 Å². The van der Waals surface area contributed by atoms with Gasteiger partial charge in [-0.3, -0.25) is 0 Å². The van der Waals surface area contributed by atoms with E-state index in [-0.39, 0.29) is 0 Å². The number of hydrogen-bond donors (Lipinski definition) is 0. The number of nitrogens with zero attached hydrogens (tertiary/aromatic N) is 7. The molecule has 0 atom stereocenters. The van der Waals surface area contributed by atoms with Crippen molar-refractivity contribution in [2.24, 2.45) is 0 Å².